The van der Waals surface area contributed by atoms with E-state index < -0.39 is 11.8 Å². The van der Waals surface area contributed by atoms with Gasteiger partial charge in [0.2, 0.25) is 0 Å². The van der Waals surface area contributed by atoms with Gasteiger partial charge in [-0.05, 0) is 25.7 Å². The molecule has 8 nitrogen and oxygen atoms in total. The first-order valence-electron chi connectivity index (χ1n) is 12.4. The highest BCUT2D eigenvalue weighted by Crippen LogP contribution is 2.28. The quantitative estimate of drug-likeness (QED) is 0.225. The smallest absolute Gasteiger partial charge is 0.311 e. The molecule has 0 bridgehead atoms. The van der Waals surface area contributed by atoms with E-state index in [0.29, 0.717) is 46.1 Å². The van der Waals surface area contributed by atoms with Crippen LogP contribution in [0.25, 0.3) is 0 Å². The van der Waals surface area contributed by atoms with Crippen molar-refractivity contribution >= 4 is 17.9 Å². The van der Waals surface area contributed by atoms with Crippen molar-refractivity contribution in [2.24, 2.45) is 17.8 Å². The Morgan fingerprint density at radius 1 is 0.688 bits per heavy atom. The van der Waals surface area contributed by atoms with Gasteiger partial charge in [-0.25, -0.2) is 0 Å². The normalized spacial score (nSPS) is 23.9. The van der Waals surface area contributed by atoms with Crippen molar-refractivity contribution in [2.75, 3.05) is 52.7 Å². The van der Waals surface area contributed by atoms with Gasteiger partial charge in [-0.2, -0.15) is 0 Å². The predicted molar refractivity (Wildman–Crippen MR) is 121 cm³/mol. The van der Waals surface area contributed by atoms with E-state index in [1.165, 1.54) is 0 Å². The zero-order chi connectivity index (χ0) is 23.3. The molecule has 0 unspecified atom stereocenters. The van der Waals surface area contributed by atoms with Gasteiger partial charge in [-0.15, -0.1) is 0 Å². The Kier molecular flexibility index (Phi) is 12.0. The average Bonchev–Trinajstić information content (AvgIpc) is 3.42. The molecule has 184 valence electrons. The molecule has 0 amide bonds. The van der Waals surface area contributed by atoms with E-state index in [9.17, 15) is 14.4 Å². The van der Waals surface area contributed by atoms with Crippen molar-refractivity contribution in [2.45, 2.75) is 65.7 Å². The van der Waals surface area contributed by atoms with Crippen molar-refractivity contribution in [3.05, 3.63) is 0 Å². The van der Waals surface area contributed by atoms with Crippen LogP contribution in [0.4, 0.5) is 0 Å². The monoisotopic (exact) mass is 454 g/mol. The summed E-state index contributed by atoms with van der Waals surface area (Å²) in [6.45, 7) is 10.4. The minimum Gasteiger partial charge on any atom is -0.465 e. The van der Waals surface area contributed by atoms with Crippen molar-refractivity contribution in [3.8, 4) is 0 Å². The van der Waals surface area contributed by atoms with E-state index in [-0.39, 0.29) is 23.8 Å². The molecule has 0 aromatic heterocycles. The number of carbonyl (C=O) groups is 3. The molecule has 0 saturated carbocycles. The van der Waals surface area contributed by atoms with Gasteiger partial charge < -0.3 is 14.2 Å². The fourth-order valence-electron chi connectivity index (χ4n) is 4.20. The average molecular weight is 455 g/mol. The summed E-state index contributed by atoms with van der Waals surface area (Å²) >= 11 is 0. The van der Waals surface area contributed by atoms with Crippen molar-refractivity contribution in [3.63, 3.8) is 0 Å². The Balaban J connectivity index is 1.89. The molecular weight excluding hydrogens is 412 g/mol. The topological polar surface area (TPSA) is 85.4 Å². The Labute approximate surface area is 192 Å². The lowest BCUT2D eigenvalue weighted by Crippen LogP contribution is -2.36. The summed E-state index contributed by atoms with van der Waals surface area (Å²) in [6.07, 6.45) is 6.20. The van der Waals surface area contributed by atoms with Gasteiger partial charge in [0.15, 0.2) is 0 Å². The highest BCUT2D eigenvalue weighted by Gasteiger charge is 2.44. The fraction of sp³-hybridized carbons (Fsp3) is 0.875. The maximum Gasteiger partial charge on any atom is 0.311 e. The van der Waals surface area contributed by atoms with Crippen molar-refractivity contribution in [1.82, 2.24) is 9.80 Å². The van der Waals surface area contributed by atoms with Crippen LogP contribution in [0.15, 0.2) is 0 Å². The zero-order valence-corrected chi connectivity index (χ0v) is 20.2. The van der Waals surface area contributed by atoms with E-state index in [4.69, 9.17) is 14.2 Å². The molecule has 2 saturated heterocycles. The molecule has 0 radical (unpaired) electrons. The van der Waals surface area contributed by atoms with E-state index in [0.717, 1.165) is 51.5 Å². The zero-order valence-electron chi connectivity index (χ0n) is 20.2. The molecule has 0 aromatic carbocycles. The molecule has 2 aliphatic heterocycles. The lowest BCUT2D eigenvalue weighted by molar-refractivity contribution is -0.158. The summed E-state index contributed by atoms with van der Waals surface area (Å²) < 4.78 is 16.2. The van der Waals surface area contributed by atoms with Crippen LogP contribution in [0.5, 0.6) is 0 Å². The minimum atomic E-state index is -0.501. The van der Waals surface area contributed by atoms with Crippen LogP contribution in [0.1, 0.15) is 65.7 Å². The minimum absolute atomic E-state index is 0.0981. The molecular formula is C24H42N2O6. The summed E-state index contributed by atoms with van der Waals surface area (Å²) in [4.78, 5) is 41.9. The van der Waals surface area contributed by atoms with Gasteiger partial charge in [-0.1, -0.05) is 40.0 Å². The first-order chi connectivity index (χ1) is 15.5. The second kappa shape index (κ2) is 14.5. The van der Waals surface area contributed by atoms with Crippen LogP contribution in [-0.4, -0.2) is 80.4 Å². The van der Waals surface area contributed by atoms with Crippen molar-refractivity contribution < 1.29 is 28.6 Å². The Bertz CT molecular complexity index is 569. The van der Waals surface area contributed by atoms with E-state index >= 15 is 0 Å². The summed E-state index contributed by atoms with van der Waals surface area (Å²) in [7, 11) is 0. The third-order valence-corrected chi connectivity index (χ3v) is 6.23. The predicted octanol–water partition coefficient (Wildman–Crippen LogP) is 2.84. The maximum absolute atomic E-state index is 12.7. The maximum atomic E-state index is 12.7. The van der Waals surface area contributed by atoms with Crippen LogP contribution in [-0.2, 0) is 28.6 Å². The third kappa shape index (κ3) is 8.35. The number of ether oxygens (including phenoxy) is 3. The van der Waals surface area contributed by atoms with Gasteiger partial charge in [0.05, 0.1) is 44.2 Å². The van der Waals surface area contributed by atoms with Crippen LogP contribution in [0.2, 0.25) is 0 Å². The van der Waals surface area contributed by atoms with Crippen LogP contribution in [0.3, 0.4) is 0 Å². The molecule has 3 atom stereocenters. The largest absolute Gasteiger partial charge is 0.465 e. The first-order valence-corrected chi connectivity index (χ1v) is 12.4. The molecule has 0 spiro atoms. The Morgan fingerprint density at radius 3 is 1.62 bits per heavy atom. The molecule has 2 aliphatic rings. The summed E-state index contributed by atoms with van der Waals surface area (Å²) in [5, 5.41) is 0. The molecule has 2 fully saturated rings. The number of nitrogens with zero attached hydrogens (tertiary/aromatic N) is 2. The highest BCUT2D eigenvalue weighted by molar-refractivity contribution is 5.83. The van der Waals surface area contributed by atoms with Gasteiger partial charge in [0, 0.05) is 26.2 Å². The van der Waals surface area contributed by atoms with E-state index in [2.05, 4.69) is 16.7 Å². The summed E-state index contributed by atoms with van der Waals surface area (Å²) in [5.41, 5.74) is 0. The number of hydrogen-bond donors (Lipinski definition) is 0. The number of hydrogen-bond acceptors (Lipinski definition) is 8. The molecule has 0 N–H and O–H groups in total. The second-order valence-electron chi connectivity index (χ2n) is 9.02. The third-order valence-electron chi connectivity index (χ3n) is 6.23. The van der Waals surface area contributed by atoms with Gasteiger partial charge >= 0.3 is 17.9 Å². The summed E-state index contributed by atoms with van der Waals surface area (Å²) in [6, 6.07) is 0. The molecule has 8 heteroatoms. The van der Waals surface area contributed by atoms with Gasteiger partial charge in [0.1, 0.15) is 0 Å². The van der Waals surface area contributed by atoms with Gasteiger partial charge in [0.25, 0.3) is 0 Å². The fourth-order valence-corrected chi connectivity index (χ4v) is 4.20. The molecule has 32 heavy (non-hydrogen) atoms. The number of rotatable bonds is 14. The lowest BCUT2D eigenvalue weighted by atomic mass is 9.96. The van der Waals surface area contributed by atoms with E-state index in [1.54, 1.807) is 0 Å². The first kappa shape index (κ1) is 26.6. The Morgan fingerprint density at radius 2 is 1.16 bits per heavy atom. The molecule has 2 heterocycles. The molecule has 2 rings (SSSR count). The summed E-state index contributed by atoms with van der Waals surface area (Å²) in [5.74, 6) is -1.83. The van der Waals surface area contributed by atoms with Gasteiger partial charge in [-0.3, -0.25) is 24.2 Å². The van der Waals surface area contributed by atoms with E-state index in [1.807, 2.05) is 13.8 Å². The van der Waals surface area contributed by atoms with Crippen LogP contribution in [0, 0.1) is 17.8 Å². The van der Waals surface area contributed by atoms with Crippen LogP contribution >= 0.6 is 0 Å². The molecule has 0 aromatic rings. The Hall–Kier alpha value is -1.67. The number of unbranched alkanes of at least 4 members (excludes halogenated alkanes) is 3. The SMILES string of the molecule is CCCCOC(=O)[C@@H]1CCN(CN2C[C@H](C(=O)OCCCC)[C@@H](C(=O)OCCCC)C2)C1. The van der Waals surface area contributed by atoms with Crippen LogP contribution < -0.4 is 0 Å². The van der Waals surface area contributed by atoms with Crippen molar-refractivity contribution in [1.29, 1.82) is 0 Å². The lowest BCUT2D eigenvalue weighted by Gasteiger charge is -2.23. The number of carbonyl (C=O) groups excluding carboxylic acids is 3. The second-order valence-corrected chi connectivity index (χ2v) is 9.02. The molecule has 0 aliphatic carbocycles. The highest BCUT2D eigenvalue weighted by atomic mass is 16.5. The number of likely N-dealkylation sites (tertiary alicyclic amines) is 2. The number of esters is 3. The standard InChI is InChI=1S/C24H42N2O6/c1-4-7-12-30-22(27)19-10-11-25(15-19)18-26-16-20(23(28)31-13-8-5-2)21(17-26)24(29)32-14-9-6-3/h19-21H,4-18H2,1-3H3/t19-,20+,21+/m1/s1.